The van der Waals surface area contributed by atoms with Gasteiger partial charge in [-0.1, -0.05) is 13.8 Å². The van der Waals surface area contributed by atoms with Gasteiger partial charge in [0.2, 0.25) is 0 Å². The number of aliphatic hydroxyl groups excluding tert-OH is 1. The molecule has 2 atom stereocenters. The first-order valence-corrected chi connectivity index (χ1v) is 5.78. The normalized spacial score (nSPS) is 14.2. The molecule has 0 amide bonds. The molecule has 0 aromatic heterocycles. The highest BCUT2D eigenvalue weighted by Crippen LogP contribution is 2.38. The standard InChI is InChI=1S/C12H18N2O5/c1-6(2)11(15)10(13)8-4-7(14(17)18)5-9(19-3)12(8)16/h4-6,10-11,15-16H,13H2,1-3H3/t10-,11+/m1/s1. The van der Waals surface area contributed by atoms with Gasteiger partial charge >= 0.3 is 0 Å². The Kier molecular flexibility index (Phi) is 4.68. The molecule has 7 heteroatoms. The maximum Gasteiger partial charge on any atom is 0.273 e. The molecule has 0 aliphatic rings. The van der Waals surface area contributed by atoms with Crippen LogP contribution in [-0.4, -0.2) is 28.4 Å². The summed E-state index contributed by atoms with van der Waals surface area (Å²) in [4.78, 5) is 10.2. The number of hydrogen-bond donors (Lipinski definition) is 3. The Hall–Kier alpha value is -1.86. The van der Waals surface area contributed by atoms with Crippen LogP contribution in [-0.2, 0) is 0 Å². The van der Waals surface area contributed by atoms with Gasteiger partial charge in [-0.3, -0.25) is 10.1 Å². The first-order valence-electron chi connectivity index (χ1n) is 5.78. The number of hydrogen-bond acceptors (Lipinski definition) is 6. The number of aliphatic hydroxyl groups is 1. The molecule has 7 nitrogen and oxygen atoms in total. The topological polar surface area (TPSA) is 119 Å². The lowest BCUT2D eigenvalue weighted by Gasteiger charge is -2.23. The summed E-state index contributed by atoms with van der Waals surface area (Å²) in [6.07, 6.45) is -0.933. The van der Waals surface area contributed by atoms with E-state index < -0.39 is 17.1 Å². The third-order valence-electron chi connectivity index (χ3n) is 2.93. The molecule has 106 valence electrons. The molecule has 0 bridgehead atoms. The second kappa shape index (κ2) is 5.85. The predicted octanol–water partition coefficient (Wildman–Crippen LogP) is 1.33. The lowest BCUT2D eigenvalue weighted by atomic mass is 9.93. The molecule has 1 aromatic rings. The maximum absolute atomic E-state index is 10.8. The summed E-state index contributed by atoms with van der Waals surface area (Å²) in [5, 5.41) is 30.7. The summed E-state index contributed by atoms with van der Waals surface area (Å²) in [6, 6.07) is 1.32. The van der Waals surface area contributed by atoms with Crippen molar-refractivity contribution in [2.24, 2.45) is 11.7 Å². The lowest BCUT2D eigenvalue weighted by molar-refractivity contribution is -0.385. The van der Waals surface area contributed by atoms with Crippen LogP contribution in [0.2, 0.25) is 0 Å². The van der Waals surface area contributed by atoms with Crippen molar-refractivity contribution >= 4 is 5.69 Å². The van der Waals surface area contributed by atoms with Crippen LogP contribution in [0.3, 0.4) is 0 Å². The van der Waals surface area contributed by atoms with Gasteiger partial charge in [0.15, 0.2) is 11.5 Å². The minimum Gasteiger partial charge on any atom is -0.504 e. The maximum atomic E-state index is 10.8. The van der Waals surface area contributed by atoms with Crippen LogP contribution in [0.25, 0.3) is 0 Å². The summed E-state index contributed by atoms with van der Waals surface area (Å²) in [5.41, 5.74) is 5.68. The lowest BCUT2D eigenvalue weighted by Crippen LogP contribution is -2.30. The fourth-order valence-electron chi connectivity index (χ4n) is 1.73. The van der Waals surface area contributed by atoms with E-state index in [0.29, 0.717) is 0 Å². The highest BCUT2D eigenvalue weighted by Gasteiger charge is 2.27. The number of nitrogens with two attached hydrogens (primary N) is 1. The van der Waals surface area contributed by atoms with Gasteiger partial charge in [0.05, 0.1) is 30.2 Å². The number of ether oxygens (including phenoxy) is 1. The fraction of sp³-hybridized carbons (Fsp3) is 0.500. The fourth-order valence-corrected chi connectivity index (χ4v) is 1.73. The van der Waals surface area contributed by atoms with Crippen molar-refractivity contribution in [1.82, 2.24) is 0 Å². The number of nitro benzene ring substituents is 1. The Labute approximate surface area is 110 Å². The van der Waals surface area contributed by atoms with Crippen LogP contribution in [0.15, 0.2) is 12.1 Å². The quantitative estimate of drug-likeness (QED) is 0.548. The largest absolute Gasteiger partial charge is 0.504 e. The van der Waals surface area contributed by atoms with E-state index in [1.54, 1.807) is 13.8 Å². The number of phenolic OH excluding ortho intramolecular Hbond substituents is 1. The zero-order valence-electron chi connectivity index (χ0n) is 11.0. The monoisotopic (exact) mass is 270 g/mol. The van der Waals surface area contributed by atoms with Crippen molar-refractivity contribution < 1.29 is 19.9 Å². The van der Waals surface area contributed by atoms with Crippen molar-refractivity contribution in [2.45, 2.75) is 26.0 Å². The molecule has 0 aliphatic carbocycles. The van der Waals surface area contributed by atoms with Crippen molar-refractivity contribution in [3.8, 4) is 11.5 Å². The third kappa shape index (κ3) is 3.12. The summed E-state index contributed by atoms with van der Waals surface area (Å²) in [7, 11) is 1.28. The van der Waals surface area contributed by atoms with Crippen LogP contribution < -0.4 is 10.5 Å². The number of nitro groups is 1. The molecule has 1 rings (SSSR count). The van der Waals surface area contributed by atoms with Gasteiger partial charge in [-0.25, -0.2) is 0 Å². The van der Waals surface area contributed by atoms with Crippen LogP contribution in [0.1, 0.15) is 25.5 Å². The molecule has 0 aliphatic heterocycles. The molecule has 0 unspecified atom stereocenters. The van der Waals surface area contributed by atoms with Crippen molar-refractivity contribution in [3.63, 3.8) is 0 Å². The van der Waals surface area contributed by atoms with Gasteiger partial charge in [-0.05, 0) is 5.92 Å². The Morgan fingerprint density at radius 3 is 2.42 bits per heavy atom. The van der Waals surface area contributed by atoms with E-state index in [4.69, 9.17) is 10.5 Å². The molecule has 19 heavy (non-hydrogen) atoms. The number of nitrogens with zero attached hydrogens (tertiary/aromatic N) is 1. The van der Waals surface area contributed by atoms with E-state index in [1.807, 2.05) is 0 Å². The SMILES string of the molecule is COc1cc([N+](=O)[O-])cc([C@@H](N)[C@@H](O)C(C)C)c1O. The molecule has 0 heterocycles. The summed E-state index contributed by atoms with van der Waals surface area (Å²) >= 11 is 0. The van der Waals surface area contributed by atoms with Crippen molar-refractivity contribution in [2.75, 3.05) is 7.11 Å². The number of methoxy groups -OCH3 is 1. The van der Waals surface area contributed by atoms with Gasteiger partial charge in [0.25, 0.3) is 5.69 Å². The molecule has 0 saturated heterocycles. The van der Waals surface area contributed by atoms with Gasteiger partial charge in [-0.2, -0.15) is 0 Å². The molecule has 4 N–H and O–H groups in total. The van der Waals surface area contributed by atoms with Crippen LogP contribution >= 0.6 is 0 Å². The Morgan fingerprint density at radius 1 is 1.42 bits per heavy atom. The average Bonchev–Trinajstić information content (AvgIpc) is 2.36. The Balaban J connectivity index is 3.33. The van der Waals surface area contributed by atoms with Gasteiger partial charge < -0.3 is 20.7 Å². The molecular weight excluding hydrogens is 252 g/mol. The Morgan fingerprint density at radius 2 is 2.00 bits per heavy atom. The molecule has 0 fully saturated rings. The van der Waals surface area contributed by atoms with Gasteiger partial charge in [0.1, 0.15) is 0 Å². The molecule has 0 spiro atoms. The first kappa shape index (κ1) is 15.2. The van der Waals surface area contributed by atoms with E-state index in [1.165, 1.54) is 7.11 Å². The zero-order chi connectivity index (χ0) is 14.7. The average molecular weight is 270 g/mol. The van der Waals surface area contributed by atoms with E-state index in [2.05, 4.69) is 0 Å². The van der Waals surface area contributed by atoms with Crippen LogP contribution in [0.5, 0.6) is 11.5 Å². The number of benzene rings is 1. The predicted molar refractivity (Wildman–Crippen MR) is 69.1 cm³/mol. The zero-order valence-corrected chi connectivity index (χ0v) is 11.0. The molecule has 0 saturated carbocycles. The van der Waals surface area contributed by atoms with Gasteiger partial charge in [0, 0.05) is 11.6 Å². The van der Waals surface area contributed by atoms with E-state index in [-0.39, 0.29) is 28.7 Å². The third-order valence-corrected chi connectivity index (χ3v) is 2.93. The number of non-ortho nitro benzene ring substituents is 1. The minimum atomic E-state index is -0.936. The highest BCUT2D eigenvalue weighted by atomic mass is 16.6. The summed E-state index contributed by atoms with van der Waals surface area (Å²) in [5.74, 6) is -0.490. The second-order valence-corrected chi connectivity index (χ2v) is 4.60. The van der Waals surface area contributed by atoms with Crippen molar-refractivity contribution in [1.29, 1.82) is 0 Å². The smallest absolute Gasteiger partial charge is 0.273 e. The number of rotatable bonds is 5. The Bertz CT molecular complexity index is 475. The number of aromatic hydroxyl groups is 1. The second-order valence-electron chi connectivity index (χ2n) is 4.60. The van der Waals surface area contributed by atoms with E-state index >= 15 is 0 Å². The number of phenols is 1. The highest BCUT2D eigenvalue weighted by molar-refractivity contribution is 5.54. The van der Waals surface area contributed by atoms with Crippen LogP contribution in [0.4, 0.5) is 5.69 Å². The van der Waals surface area contributed by atoms with Crippen LogP contribution in [0, 0.1) is 16.0 Å². The van der Waals surface area contributed by atoms with E-state index in [9.17, 15) is 20.3 Å². The first-order chi connectivity index (χ1) is 8.79. The minimum absolute atomic E-state index is 0.0457. The summed E-state index contributed by atoms with van der Waals surface area (Å²) in [6.45, 7) is 3.52. The molecular formula is C12H18N2O5. The van der Waals surface area contributed by atoms with E-state index in [0.717, 1.165) is 12.1 Å². The molecule has 0 radical (unpaired) electrons. The molecule has 1 aromatic carbocycles. The van der Waals surface area contributed by atoms with Crippen molar-refractivity contribution in [3.05, 3.63) is 27.8 Å². The summed E-state index contributed by atoms with van der Waals surface area (Å²) < 4.78 is 4.88. The van der Waals surface area contributed by atoms with Gasteiger partial charge in [-0.15, -0.1) is 0 Å².